The van der Waals surface area contributed by atoms with Crippen molar-refractivity contribution in [2.24, 2.45) is 0 Å². The second-order valence-corrected chi connectivity index (χ2v) is 6.03. The van der Waals surface area contributed by atoms with E-state index in [2.05, 4.69) is 10.3 Å². The number of carbonyl (C=O) groups is 1. The average Bonchev–Trinajstić information content (AvgIpc) is 3.06. The molecule has 2 rings (SSSR count). The summed E-state index contributed by atoms with van der Waals surface area (Å²) in [4.78, 5) is 17.2. The second-order valence-electron chi connectivity index (χ2n) is 4.25. The molecule has 0 radical (unpaired) electrons. The first kappa shape index (κ1) is 15.1. The Labute approximate surface area is 125 Å². The van der Waals surface area contributed by atoms with Gasteiger partial charge < -0.3 is 15.2 Å². The van der Waals surface area contributed by atoms with E-state index in [4.69, 9.17) is 4.74 Å². The lowest BCUT2D eigenvalue weighted by Gasteiger charge is -2.14. The van der Waals surface area contributed by atoms with Gasteiger partial charge in [-0.25, -0.2) is 4.98 Å². The van der Waals surface area contributed by atoms with E-state index in [1.165, 1.54) is 18.4 Å². The number of hydrogen-bond donors (Lipinski definition) is 2. The molecule has 0 aliphatic rings. The van der Waals surface area contributed by atoms with E-state index in [0.717, 1.165) is 10.6 Å². The van der Waals surface area contributed by atoms with Crippen LogP contribution in [0.1, 0.15) is 15.4 Å². The average molecular weight is 312 g/mol. The van der Waals surface area contributed by atoms with Crippen LogP contribution in [0.5, 0.6) is 0 Å². The van der Waals surface area contributed by atoms with Gasteiger partial charge in [0.25, 0.3) is 5.91 Å². The molecule has 0 aromatic carbocycles. The smallest absolute Gasteiger partial charge is 0.263 e. The highest BCUT2D eigenvalue weighted by atomic mass is 32.1. The molecule has 108 valence electrons. The van der Waals surface area contributed by atoms with Gasteiger partial charge in [0.05, 0.1) is 24.9 Å². The number of aromatic nitrogens is 1. The van der Waals surface area contributed by atoms with Crippen molar-refractivity contribution in [3.8, 4) is 10.6 Å². The molecule has 0 saturated carbocycles. The van der Waals surface area contributed by atoms with E-state index in [1.807, 2.05) is 23.8 Å². The molecule has 0 fully saturated rings. The summed E-state index contributed by atoms with van der Waals surface area (Å²) in [5, 5.41) is 16.7. The summed E-state index contributed by atoms with van der Waals surface area (Å²) in [6.45, 7) is 1.93. The van der Waals surface area contributed by atoms with Crippen LogP contribution in [0.2, 0.25) is 0 Å². The number of aryl methyl sites for hydroxylation is 1. The fraction of sp³-hybridized carbons (Fsp3) is 0.385. The number of ether oxygens (including phenoxy) is 1. The van der Waals surface area contributed by atoms with Gasteiger partial charge in [-0.1, -0.05) is 0 Å². The predicted octanol–water partition coefficient (Wildman–Crippen LogP) is 1.92. The van der Waals surface area contributed by atoms with Gasteiger partial charge in [0.2, 0.25) is 0 Å². The van der Waals surface area contributed by atoms with Gasteiger partial charge in [-0.15, -0.1) is 11.3 Å². The van der Waals surface area contributed by atoms with Gasteiger partial charge in [-0.2, -0.15) is 11.3 Å². The topological polar surface area (TPSA) is 71.5 Å². The number of nitrogens with zero attached hydrogens (tertiary/aromatic N) is 1. The summed E-state index contributed by atoms with van der Waals surface area (Å²) in [5.74, 6) is -0.224. The number of methoxy groups -OCH3 is 1. The molecule has 5 nitrogen and oxygen atoms in total. The minimum atomic E-state index is -0.404. The molecular weight excluding hydrogens is 296 g/mol. The number of thiazole rings is 1. The van der Waals surface area contributed by atoms with Crippen molar-refractivity contribution in [2.45, 2.75) is 13.0 Å². The van der Waals surface area contributed by atoms with Crippen molar-refractivity contribution in [3.05, 3.63) is 27.4 Å². The molecule has 1 amide bonds. The van der Waals surface area contributed by atoms with E-state index in [0.29, 0.717) is 10.6 Å². The Hall–Kier alpha value is -1.28. The maximum atomic E-state index is 12.2. The molecule has 0 aliphatic carbocycles. The number of nitrogens with one attached hydrogen (secondary N) is 1. The number of aliphatic hydroxyl groups is 1. The largest absolute Gasteiger partial charge is 0.394 e. The van der Waals surface area contributed by atoms with Crippen molar-refractivity contribution in [3.63, 3.8) is 0 Å². The van der Waals surface area contributed by atoms with Gasteiger partial charge in [-0.3, -0.25) is 4.79 Å². The molecule has 2 heterocycles. The summed E-state index contributed by atoms with van der Waals surface area (Å²) in [6, 6.07) is 1.57. The number of carbonyl (C=O) groups excluding carboxylic acids is 1. The Kier molecular flexibility index (Phi) is 5.24. The lowest BCUT2D eigenvalue weighted by molar-refractivity contribution is 0.0842. The Bertz CT molecular complexity index is 566. The zero-order chi connectivity index (χ0) is 14.5. The van der Waals surface area contributed by atoms with E-state index < -0.39 is 6.04 Å². The van der Waals surface area contributed by atoms with Crippen LogP contribution in [0.25, 0.3) is 10.6 Å². The van der Waals surface area contributed by atoms with E-state index >= 15 is 0 Å². The third-order valence-corrected chi connectivity index (χ3v) is 4.58. The molecule has 0 bridgehead atoms. The number of thiophene rings is 1. The fourth-order valence-corrected chi connectivity index (χ4v) is 3.39. The third-order valence-electron chi connectivity index (χ3n) is 2.69. The van der Waals surface area contributed by atoms with Crippen molar-refractivity contribution in [2.75, 3.05) is 20.3 Å². The van der Waals surface area contributed by atoms with Crippen LogP contribution >= 0.6 is 22.7 Å². The summed E-state index contributed by atoms with van der Waals surface area (Å²) in [6.07, 6.45) is 0. The molecule has 2 N–H and O–H groups in total. The predicted molar refractivity (Wildman–Crippen MR) is 80.4 cm³/mol. The Morgan fingerprint density at radius 1 is 1.60 bits per heavy atom. The molecule has 2 aromatic rings. The SMILES string of the molecule is COCC(CO)NC(=O)c1sc(-c2ccsc2)nc1C. The second kappa shape index (κ2) is 6.94. The molecule has 0 spiro atoms. The van der Waals surface area contributed by atoms with Crippen molar-refractivity contribution >= 4 is 28.6 Å². The fourth-order valence-electron chi connectivity index (χ4n) is 1.71. The highest BCUT2D eigenvalue weighted by Crippen LogP contribution is 2.29. The highest BCUT2D eigenvalue weighted by Gasteiger charge is 2.19. The molecule has 7 heteroatoms. The lowest BCUT2D eigenvalue weighted by Crippen LogP contribution is -2.40. The monoisotopic (exact) mass is 312 g/mol. The van der Waals surface area contributed by atoms with Crippen LogP contribution in [0, 0.1) is 6.92 Å². The van der Waals surface area contributed by atoms with Gasteiger partial charge in [0.1, 0.15) is 9.88 Å². The Morgan fingerprint density at radius 3 is 3.00 bits per heavy atom. The first-order valence-electron chi connectivity index (χ1n) is 6.06. The number of hydrogen-bond acceptors (Lipinski definition) is 6. The van der Waals surface area contributed by atoms with Crippen LogP contribution < -0.4 is 5.32 Å². The quantitative estimate of drug-likeness (QED) is 0.855. The molecule has 0 saturated heterocycles. The molecule has 1 unspecified atom stereocenters. The molecule has 2 aromatic heterocycles. The highest BCUT2D eigenvalue weighted by molar-refractivity contribution is 7.17. The van der Waals surface area contributed by atoms with Gasteiger partial charge in [-0.05, 0) is 18.4 Å². The Morgan fingerprint density at radius 2 is 2.40 bits per heavy atom. The number of amides is 1. The molecule has 0 aliphatic heterocycles. The summed E-state index contributed by atoms with van der Waals surface area (Å²) < 4.78 is 4.94. The standard InChI is InChI=1S/C13H16N2O3S2/c1-8-11(12(17)15-10(5-16)6-18-2)20-13(14-8)9-3-4-19-7-9/h3-4,7,10,16H,5-6H2,1-2H3,(H,15,17). The third kappa shape index (κ3) is 3.43. The van der Waals surface area contributed by atoms with Crippen molar-refractivity contribution < 1.29 is 14.6 Å². The number of aliphatic hydroxyl groups excluding tert-OH is 1. The minimum Gasteiger partial charge on any atom is -0.394 e. The van der Waals surface area contributed by atoms with Crippen LogP contribution in [0.15, 0.2) is 16.8 Å². The zero-order valence-electron chi connectivity index (χ0n) is 11.3. The van der Waals surface area contributed by atoms with Crippen LogP contribution in [-0.2, 0) is 4.74 Å². The zero-order valence-corrected chi connectivity index (χ0v) is 12.9. The normalized spacial score (nSPS) is 12.3. The van der Waals surface area contributed by atoms with E-state index in [1.54, 1.807) is 11.3 Å². The maximum absolute atomic E-state index is 12.2. The summed E-state index contributed by atoms with van der Waals surface area (Å²) >= 11 is 2.95. The number of rotatable bonds is 6. The Balaban J connectivity index is 2.14. The summed E-state index contributed by atoms with van der Waals surface area (Å²) in [5.41, 5.74) is 1.72. The van der Waals surface area contributed by atoms with Crippen molar-refractivity contribution in [1.82, 2.24) is 10.3 Å². The van der Waals surface area contributed by atoms with Crippen molar-refractivity contribution in [1.29, 1.82) is 0 Å². The first-order chi connectivity index (χ1) is 9.65. The minimum absolute atomic E-state index is 0.158. The molecule has 1 atom stereocenters. The first-order valence-corrected chi connectivity index (χ1v) is 7.82. The van der Waals surface area contributed by atoms with E-state index in [9.17, 15) is 9.90 Å². The van der Waals surface area contributed by atoms with Crippen LogP contribution in [0.4, 0.5) is 0 Å². The van der Waals surface area contributed by atoms with Gasteiger partial charge in [0.15, 0.2) is 0 Å². The van der Waals surface area contributed by atoms with Crippen LogP contribution in [0.3, 0.4) is 0 Å². The molecule has 20 heavy (non-hydrogen) atoms. The maximum Gasteiger partial charge on any atom is 0.263 e. The lowest BCUT2D eigenvalue weighted by atomic mass is 10.3. The van der Waals surface area contributed by atoms with E-state index in [-0.39, 0.29) is 19.1 Å². The summed E-state index contributed by atoms with van der Waals surface area (Å²) in [7, 11) is 1.53. The van der Waals surface area contributed by atoms with Gasteiger partial charge in [0, 0.05) is 18.1 Å². The molecular formula is C13H16N2O3S2. The van der Waals surface area contributed by atoms with Crippen LogP contribution in [-0.4, -0.2) is 42.4 Å². The van der Waals surface area contributed by atoms with Gasteiger partial charge >= 0.3 is 0 Å².